The van der Waals surface area contributed by atoms with Crippen LogP contribution in [-0.4, -0.2) is 60.9 Å². The maximum atomic E-state index is 13.3. The van der Waals surface area contributed by atoms with Gasteiger partial charge in [0.25, 0.3) is 0 Å². The number of hydrogen-bond donors (Lipinski definition) is 0. The van der Waals surface area contributed by atoms with Crippen LogP contribution < -0.4 is 9.64 Å². The third-order valence-electron chi connectivity index (χ3n) is 4.28. The Labute approximate surface area is 153 Å². The van der Waals surface area contributed by atoms with Gasteiger partial charge < -0.3 is 19.3 Å². The highest BCUT2D eigenvalue weighted by atomic mass is 19.4. The van der Waals surface area contributed by atoms with E-state index in [-0.39, 0.29) is 23.0 Å². The number of ether oxygens (including phenoxy) is 2. The van der Waals surface area contributed by atoms with Crippen LogP contribution in [0.5, 0.6) is 5.88 Å². The number of anilines is 1. The van der Waals surface area contributed by atoms with Gasteiger partial charge in [-0.25, -0.2) is 9.78 Å². The van der Waals surface area contributed by atoms with Crippen molar-refractivity contribution in [2.45, 2.75) is 13.1 Å². The fourth-order valence-corrected chi connectivity index (χ4v) is 2.92. The van der Waals surface area contributed by atoms with Gasteiger partial charge in [-0.15, -0.1) is 0 Å². The summed E-state index contributed by atoms with van der Waals surface area (Å²) in [6, 6.07) is 3.76. The van der Waals surface area contributed by atoms with E-state index >= 15 is 0 Å². The average Bonchev–Trinajstić information content (AvgIpc) is 2.66. The van der Waals surface area contributed by atoms with Crippen molar-refractivity contribution in [2.75, 3.05) is 44.8 Å². The number of carbonyl (C=O) groups is 1. The summed E-state index contributed by atoms with van der Waals surface area (Å²) in [6.07, 6.45) is -4.91. The second-order valence-corrected chi connectivity index (χ2v) is 5.92. The summed E-state index contributed by atoms with van der Waals surface area (Å²) in [7, 11) is 1.26. The molecule has 1 fully saturated rings. The Morgan fingerprint density at radius 2 is 1.89 bits per heavy atom. The minimum atomic E-state index is -4.54. The number of fused-ring (bicyclic) bond motifs is 1. The van der Waals surface area contributed by atoms with Crippen LogP contribution in [0.2, 0.25) is 0 Å². The van der Waals surface area contributed by atoms with Gasteiger partial charge in [0.1, 0.15) is 5.82 Å². The molecule has 7 nitrogen and oxygen atoms in total. The third kappa shape index (κ3) is 3.99. The van der Waals surface area contributed by atoms with Crippen molar-refractivity contribution in [3.8, 4) is 5.88 Å². The first-order valence-corrected chi connectivity index (χ1v) is 8.43. The van der Waals surface area contributed by atoms with E-state index in [1.165, 1.54) is 19.2 Å². The molecule has 0 N–H and O–H groups in total. The Balaban J connectivity index is 1.86. The SMILES string of the molecule is CCOC(=O)N1CCN(c2ccc3c(C(F)(F)F)cc(OC)nc3n2)CC1. The summed E-state index contributed by atoms with van der Waals surface area (Å²) in [5.41, 5.74) is -0.873. The number of hydrogen-bond acceptors (Lipinski definition) is 6. The minimum Gasteiger partial charge on any atom is -0.481 e. The molecular formula is C17H19F3N4O3. The van der Waals surface area contributed by atoms with Crippen LogP contribution in [0.4, 0.5) is 23.8 Å². The van der Waals surface area contributed by atoms with E-state index in [9.17, 15) is 18.0 Å². The van der Waals surface area contributed by atoms with E-state index in [0.29, 0.717) is 38.6 Å². The summed E-state index contributed by atoms with van der Waals surface area (Å²) in [6.45, 7) is 3.92. The summed E-state index contributed by atoms with van der Waals surface area (Å²) >= 11 is 0. The number of amides is 1. The second kappa shape index (κ2) is 7.45. The molecular weight excluding hydrogens is 365 g/mol. The maximum absolute atomic E-state index is 13.3. The maximum Gasteiger partial charge on any atom is 0.417 e. The standard InChI is InChI=1S/C17H19F3N4O3/c1-3-27-16(25)24-8-6-23(7-9-24)13-5-4-11-12(17(18,19)20)10-14(26-2)22-15(11)21-13/h4-5,10H,3,6-9H2,1-2H3. The Morgan fingerprint density at radius 1 is 1.19 bits per heavy atom. The molecule has 0 aliphatic carbocycles. The fourth-order valence-electron chi connectivity index (χ4n) is 2.92. The number of aromatic nitrogens is 2. The molecule has 3 rings (SSSR count). The molecule has 2 aromatic rings. The number of piperazine rings is 1. The van der Waals surface area contributed by atoms with Gasteiger partial charge in [0.05, 0.1) is 19.3 Å². The van der Waals surface area contributed by atoms with Crippen LogP contribution in [0, 0.1) is 0 Å². The zero-order chi connectivity index (χ0) is 19.6. The second-order valence-electron chi connectivity index (χ2n) is 5.92. The third-order valence-corrected chi connectivity index (χ3v) is 4.28. The molecule has 0 aromatic carbocycles. The van der Waals surface area contributed by atoms with Gasteiger partial charge >= 0.3 is 12.3 Å². The molecule has 0 atom stereocenters. The molecule has 0 bridgehead atoms. The van der Waals surface area contributed by atoms with Gasteiger partial charge in [-0.1, -0.05) is 0 Å². The number of nitrogens with zero attached hydrogens (tertiary/aromatic N) is 4. The van der Waals surface area contributed by atoms with E-state index in [0.717, 1.165) is 6.07 Å². The molecule has 1 amide bonds. The first kappa shape index (κ1) is 19.0. The van der Waals surface area contributed by atoms with Crippen molar-refractivity contribution in [1.29, 1.82) is 0 Å². The van der Waals surface area contributed by atoms with Gasteiger partial charge in [-0.2, -0.15) is 18.2 Å². The monoisotopic (exact) mass is 384 g/mol. The van der Waals surface area contributed by atoms with Gasteiger partial charge in [-0.05, 0) is 19.1 Å². The summed E-state index contributed by atoms with van der Waals surface area (Å²) in [5.74, 6) is 0.353. The number of halogens is 3. The van der Waals surface area contributed by atoms with E-state index in [4.69, 9.17) is 9.47 Å². The molecule has 2 aromatic heterocycles. The van der Waals surface area contributed by atoms with Crippen molar-refractivity contribution in [3.05, 3.63) is 23.8 Å². The molecule has 0 saturated carbocycles. The number of pyridine rings is 2. The van der Waals surface area contributed by atoms with Crippen LogP contribution in [0.1, 0.15) is 12.5 Å². The largest absolute Gasteiger partial charge is 0.481 e. The molecule has 1 aliphatic heterocycles. The first-order valence-electron chi connectivity index (χ1n) is 8.43. The number of rotatable bonds is 3. The number of carbonyl (C=O) groups excluding carboxylic acids is 1. The topological polar surface area (TPSA) is 67.8 Å². The summed E-state index contributed by atoms with van der Waals surface area (Å²) in [4.78, 5) is 23.6. The average molecular weight is 384 g/mol. The van der Waals surface area contributed by atoms with Crippen molar-refractivity contribution >= 4 is 22.9 Å². The zero-order valence-electron chi connectivity index (χ0n) is 14.9. The first-order chi connectivity index (χ1) is 12.8. The summed E-state index contributed by atoms with van der Waals surface area (Å²) in [5, 5.41) is -0.0859. The fraction of sp³-hybridized carbons (Fsp3) is 0.471. The lowest BCUT2D eigenvalue weighted by atomic mass is 10.1. The Morgan fingerprint density at radius 3 is 2.48 bits per heavy atom. The molecule has 0 radical (unpaired) electrons. The van der Waals surface area contributed by atoms with E-state index in [1.807, 2.05) is 4.90 Å². The molecule has 10 heteroatoms. The summed E-state index contributed by atoms with van der Waals surface area (Å²) < 4.78 is 49.8. The Bertz CT molecular complexity index is 836. The van der Waals surface area contributed by atoms with Crippen molar-refractivity contribution in [3.63, 3.8) is 0 Å². The van der Waals surface area contributed by atoms with Crippen LogP contribution in [0.25, 0.3) is 11.0 Å². The lowest BCUT2D eigenvalue weighted by Gasteiger charge is -2.34. The van der Waals surface area contributed by atoms with Crippen LogP contribution in [0.3, 0.4) is 0 Å². The van der Waals surface area contributed by atoms with Gasteiger partial charge in [0.15, 0.2) is 5.65 Å². The molecule has 0 unspecified atom stereocenters. The van der Waals surface area contributed by atoms with Crippen LogP contribution in [-0.2, 0) is 10.9 Å². The van der Waals surface area contributed by atoms with E-state index in [2.05, 4.69) is 9.97 Å². The Kier molecular flexibility index (Phi) is 5.24. The highest BCUT2D eigenvalue weighted by Gasteiger charge is 2.34. The molecule has 1 saturated heterocycles. The van der Waals surface area contributed by atoms with E-state index < -0.39 is 11.7 Å². The lowest BCUT2D eigenvalue weighted by molar-refractivity contribution is -0.136. The predicted octanol–water partition coefficient (Wildman–Crippen LogP) is 2.94. The van der Waals surface area contributed by atoms with Gasteiger partial charge in [0, 0.05) is 37.6 Å². The van der Waals surface area contributed by atoms with Gasteiger partial charge in [0.2, 0.25) is 5.88 Å². The highest BCUT2D eigenvalue weighted by Crippen LogP contribution is 2.36. The Hall–Kier alpha value is -2.78. The molecule has 1 aliphatic rings. The van der Waals surface area contributed by atoms with Gasteiger partial charge in [-0.3, -0.25) is 0 Å². The quantitative estimate of drug-likeness (QED) is 0.811. The lowest BCUT2D eigenvalue weighted by Crippen LogP contribution is -2.49. The van der Waals surface area contributed by atoms with Crippen molar-refractivity contribution in [1.82, 2.24) is 14.9 Å². The zero-order valence-corrected chi connectivity index (χ0v) is 14.9. The number of alkyl halides is 3. The number of methoxy groups -OCH3 is 1. The molecule has 3 heterocycles. The molecule has 146 valence electrons. The molecule has 27 heavy (non-hydrogen) atoms. The molecule has 0 spiro atoms. The predicted molar refractivity (Wildman–Crippen MR) is 91.9 cm³/mol. The highest BCUT2D eigenvalue weighted by molar-refractivity contribution is 5.82. The van der Waals surface area contributed by atoms with Crippen LogP contribution in [0.15, 0.2) is 18.2 Å². The van der Waals surface area contributed by atoms with Crippen molar-refractivity contribution in [2.24, 2.45) is 0 Å². The minimum absolute atomic E-state index is 0.0352. The van der Waals surface area contributed by atoms with Crippen LogP contribution >= 0.6 is 0 Å². The smallest absolute Gasteiger partial charge is 0.417 e. The normalized spacial score (nSPS) is 15.1. The van der Waals surface area contributed by atoms with Crippen molar-refractivity contribution < 1.29 is 27.4 Å². The van der Waals surface area contributed by atoms with E-state index in [1.54, 1.807) is 11.8 Å².